The lowest BCUT2D eigenvalue weighted by molar-refractivity contribution is 0.211. The zero-order valence-electron chi connectivity index (χ0n) is 11.5. The van der Waals surface area contributed by atoms with Gasteiger partial charge in [-0.1, -0.05) is 18.2 Å². The number of pyridine rings is 1. The van der Waals surface area contributed by atoms with Crippen molar-refractivity contribution in [3.8, 4) is 16.9 Å². The highest BCUT2D eigenvalue weighted by Gasteiger charge is 2.06. The topological polar surface area (TPSA) is 65.2 Å². The number of hydrogen-bond donors (Lipinski definition) is 1. The van der Waals surface area contributed by atoms with Crippen LogP contribution >= 0.6 is 0 Å². The highest BCUT2D eigenvalue weighted by molar-refractivity contribution is 5.84. The number of nitrogens with two attached hydrogens (primary N) is 1. The molecule has 0 saturated carbocycles. The molecule has 4 nitrogen and oxygen atoms in total. The molecule has 1 amide bonds. The van der Waals surface area contributed by atoms with Gasteiger partial charge in [-0.2, -0.15) is 0 Å². The van der Waals surface area contributed by atoms with Gasteiger partial charge in [-0.05, 0) is 53.9 Å². The lowest BCUT2D eigenvalue weighted by atomic mass is 10.0. The summed E-state index contributed by atoms with van der Waals surface area (Å²) in [6.45, 7) is 1.94. The van der Waals surface area contributed by atoms with Crippen LogP contribution in [0.4, 0.5) is 4.79 Å². The van der Waals surface area contributed by atoms with E-state index in [2.05, 4.69) is 11.1 Å². The predicted octanol–water partition coefficient (Wildman–Crippen LogP) is 3.67. The zero-order chi connectivity index (χ0) is 14.8. The molecule has 0 radical (unpaired) electrons. The van der Waals surface area contributed by atoms with Crippen molar-refractivity contribution in [3.05, 3.63) is 60.3 Å². The van der Waals surface area contributed by atoms with Gasteiger partial charge in [0.25, 0.3) is 0 Å². The van der Waals surface area contributed by atoms with Gasteiger partial charge in [-0.3, -0.25) is 4.98 Å². The number of amides is 1. The van der Waals surface area contributed by atoms with Crippen LogP contribution in [0, 0.1) is 6.92 Å². The molecule has 0 aliphatic carbocycles. The Morgan fingerprint density at radius 1 is 1.10 bits per heavy atom. The van der Waals surface area contributed by atoms with E-state index in [0.717, 1.165) is 27.6 Å². The Morgan fingerprint density at radius 3 is 2.76 bits per heavy atom. The first-order chi connectivity index (χ1) is 10.1. The smallest absolute Gasteiger partial charge is 0.409 e. The third-order valence-corrected chi connectivity index (χ3v) is 3.21. The molecule has 104 valence electrons. The molecule has 2 N–H and O–H groups in total. The van der Waals surface area contributed by atoms with Crippen molar-refractivity contribution in [2.75, 3.05) is 0 Å². The number of ether oxygens (including phenoxy) is 1. The molecule has 2 aromatic carbocycles. The Balaban J connectivity index is 2.08. The quantitative estimate of drug-likeness (QED) is 0.777. The van der Waals surface area contributed by atoms with Gasteiger partial charge in [0.2, 0.25) is 0 Å². The summed E-state index contributed by atoms with van der Waals surface area (Å²) >= 11 is 0. The highest BCUT2D eigenvalue weighted by Crippen LogP contribution is 2.28. The summed E-state index contributed by atoms with van der Waals surface area (Å²) in [7, 11) is 0. The van der Waals surface area contributed by atoms with Crippen molar-refractivity contribution >= 4 is 17.0 Å². The Hall–Kier alpha value is -2.88. The van der Waals surface area contributed by atoms with Crippen molar-refractivity contribution in [1.29, 1.82) is 0 Å². The molecule has 1 heterocycles. The van der Waals surface area contributed by atoms with E-state index < -0.39 is 6.09 Å². The maximum atomic E-state index is 10.9. The number of carbonyl (C=O) groups is 1. The number of aromatic nitrogens is 1. The van der Waals surface area contributed by atoms with Crippen molar-refractivity contribution in [2.45, 2.75) is 6.92 Å². The van der Waals surface area contributed by atoms with Crippen LogP contribution < -0.4 is 10.5 Å². The fourth-order valence-electron chi connectivity index (χ4n) is 2.34. The predicted molar refractivity (Wildman–Crippen MR) is 82.1 cm³/mol. The lowest BCUT2D eigenvalue weighted by Crippen LogP contribution is -2.16. The summed E-state index contributed by atoms with van der Waals surface area (Å²) in [6, 6.07) is 15.6. The molecule has 3 rings (SSSR count). The number of carbonyl (C=O) groups excluding carboxylic acids is 1. The van der Waals surface area contributed by atoms with E-state index in [1.807, 2.05) is 37.3 Å². The Kier molecular flexibility index (Phi) is 3.28. The van der Waals surface area contributed by atoms with E-state index in [1.54, 1.807) is 18.3 Å². The first-order valence-electron chi connectivity index (χ1n) is 6.56. The average molecular weight is 278 g/mol. The lowest BCUT2D eigenvalue weighted by Gasteiger charge is -2.08. The van der Waals surface area contributed by atoms with E-state index in [-0.39, 0.29) is 0 Å². The van der Waals surface area contributed by atoms with Gasteiger partial charge in [-0.15, -0.1) is 0 Å². The maximum absolute atomic E-state index is 10.9. The van der Waals surface area contributed by atoms with Crippen molar-refractivity contribution in [3.63, 3.8) is 0 Å². The second-order valence-corrected chi connectivity index (χ2v) is 4.87. The van der Waals surface area contributed by atoms with Crippen LogP contribution in [0.5, 0.6) is 5.75 Å². The second-order valence-electron chi connectivity index (χ2n) is 4.87. The molecule has 21 heavy (non-hydrogen) atoms. The van der Waals surface area contributed by atoms with Gasteiger partial charge in [0.05, 0.1) is 5.52 Å². The summed E-state index contributed by atoms with van der Waals surface area (Å²) in [5.74, 6) is 0.448. The number of benzene rings is 2. The van der Waals surface area contributed by atoms with Crippen LogP contribution in [-0.2, 0) is 0 Å². The molecular formula is C17H14N2O2. The van der Waals surface area contributed by atoms with Gasteiger partial charge in [0.1, 0.15) is 5.75 Å². The summed E-state index contributed by atoms with van der Waals surface area (Å²) in [5.41, 5.74) is 9.02. The molecule has 0 aliphatic heterocycles. The van der Waals surface area contributed by atoms with Gasteiger partial charge in [0, 0.05) is 11.6 Å². The Bertz CT molecular complexity index is 828. The molecule has 0 bridgehead atoms. The number of rotatable bonds is 2. The van der Waals surface area contributed by atoms with Gasteiger partial charge < -0.3 is 10.5 Å². The largest absolute Gasteiger partial charge is 0.410 e. The molecule has 0 spiro atoms. The third kappa shape index (κ3) is 2.84. The second kappa shape index (κ2) is 5.25. The number of nitrogens with zero attached hydrogens (tertiary/aromatic N) is 1. The maximum Gasteiger partial charge on any atom is 0.409 e. The minimum absolute atomic E-state index is 0.448. The summed E-state index contributed by atoms with van der Waals surface area (Å²) in [4.78, 5) is 15.2. The van der Waals surface area contributed by atoms with E-state index in [4.69, 9.17) is 10.5 Å². The fourth-order valence-corrected chi connectivity index (χ4v) is 2.34. The van der Waals surface area contributed by atoms with Crippen molar-refractivity contribution < 1.29 is 9.53 Å². The molecule has 1 aromatic heterocycles. The van der Waals surface area contributed by atoms with Gasteiger partial charge in [0.15, 0.2) is 0 Å². The van der Waals surface area contributed by atoms with Crippen LogP contribution in [0.3, 0.4) is 0 Å². The van der Waals surface area contributed by atoms with Crippen LogP contribution in [0.25, 0.3) is 22.0 Å². The zero-order valence-corrected chi connectivity index (χ0v) is 11.5. The van der Waals surface area contributed by atoms with E-state index in [9.17, 15) is 4.79 Å². The number of fused-ring (bicyclic) bond motifs is 1. The molecule has 0 fully saturated rings. The fraction of sp³-hybridized carbons (Fsp3) is 0.0588. The summed E-state index contributed by atoms with van der Waals surface area (Å²) in [6.07, 6.45) is 0.960. The number of primary amides is 1. The Morgan fingerprint density at radius 2 is 1.95 bits per heavy atom. The first-order valence-corrected chi connectivity index (χ1v) is 6.56. The van der Waals surface area contributed by atoms with Gasteiger partial charge in [-0.25, -0.2) is 4.79 Å². The molecular weight excluding hydrogens is 264 g/mol. The summed E-state index contributed by atoms with van der Waals surface area (Å²) < 4.78 is 4.97. The SMILES string of the molecule is Cc1cc(OC(N)=O)cc(-c2ccc3ncccc3c2)c1. The van der Waals surface area contributed by atoms with Crippen molar-refractivity contribution in [1.82, 2.24) is 4.98 Å². The molecule has 3 aromatic rings. The number of aryl methyl sites for hydroxylation is 1. The number of hydrogen-bond acceptors (Lipinski definition) is 3. The van der Waals surface area contributed by atoms with Crippen LogP contribution in [0.15, 0.2) is 54.7 Å². The molecule has 0 saturated heterocycles. The summed E-state index contributed by atoms with van der Waals surface area (Å²) in [5, 5.41) is 1.06. The standard InChI is InChI=1S/C17H14N2O2/c1-11-7-14(10-15(8-11)21-17(18)20)12-4-5-16-13(9-12)3-2-6-19-16/h2-10H,1H3,(H2,18,20). The normalized spacial score (nSPS) is 10.5. The Labute approximate surface area is 122 Å². The molecule has 0 atom stereocenters. The minimum atomic E-state index is -0.811. The molecule has 0 unspecified atom stereocenters. The van der Waals surface area contributed by atoms with E-state index in [0.29, 0.717) is 5.75 Å². The first kappa shape index (κ1) is 13.1. The average Bonchev–Trinajstić information content (AvgIpc) is 2.45. The third-order valence-electron chi connectivity index (χ3n) is 3.21. The van der Waals surface area contributed by atoms with Crippen LogP contribution in [0.2, 0.25) is 0 Å². The van der Waals surface area contributed by atoms with E-state index in [1.165, 1.54) is 0 Å². The van der Waals surface area contributed by atoms with Crippen molar-refractivity contribution in [2.24, 2.45) is 5.73 Å². The van der Waals surface area contributed by atoms with Crippen LogP contribution in [-0.4, -0.2) is 11.1 Å². The minimum Gasteiger partial charge on any atom is -0.410 e. The molecule has 4 heteroatoms. The monoisotopic (exact) mass is 278 g/mol. The van der Waals surface area contributed by atoms with Crippen LogP contribution in [0.1, 0.15) is 5.56 Å². The highest BCUT2D eigenvalue weighted by atomic mass is 16.5. The van der Waals surface area contributed by atoms with E-state index >= 15 is 0 Å². The van der Waals surface area contributed by atoms with Gasteiger partial charge >= 0.3 is 6.09 Å². The molecule has 0 aliphatic rings.